The molecule has 0 saturated carbocycles. The van der Waals surface area contributed by atoms with E-state index in [0.29, 0.717) is 0 Å². The third-order valence-corrected chi connectivity index (χ3v) is 6.46. The lowest BCUT2D eigenvalue weighted by Gasteiger charge is -2.13. The maximum absolute atomic E-state index is 11.7. The van der Waals surface area contributed by atoms with Crippen LogP contribution in [0.2, 0.25) is 0 Å². The Morgan fingerprint density at radius 2 is 0.695 bits per heavy atom. The van der Waals surface area contributed by atoms with Gasteiger partial charge in [-0.2, -0.15) is 0 Å². The summed E-state index contributed by atoms with van der Waals surface area (Å²) in [4.78, 5) is 155. The van der Waals surface area contributed by atoms with Gasteiger partial charge < -0.3 is 63.3 Å². The Morgan fingerprint density at radius 3 is 0.932 bits per heavy atom. The monoisotopic (exact) mass is 844 g/mol. The van der Waals surface area contributed by atoms with Crippen molar-refractivity contribution in [1.29, 1.82) is 0 Å². The van der Waals surface area contributed by atoms with Crippen LogP contribution in [0.5, 0.6) is 0 Å². The highest BCUT2D eigenvalue weighted by Gasteiger charge is 2.24. The van der Waals surface area contributed by atoms with Crippen LogP contribution in [0, 0.1) is 0 Å². The molecule has 0 radical (unpaired) electrons. The van der Waals surface area contributed by atoms with Gasteiger partial charge in [0, 0.05) is 76.2 Å². The molecule has 2 N–H and O–H groups in total. The summed E-state index contributed by atoms with van der Waals surface area (Å²) in [6, 6.07) is 0. The van der Waals surface area contributed by atoms with Gasteiger partial charge in [-0.25, -0.2) is 0 Å². The molecule has 0 aromatic carbocycles. The molecule has 0 bridgehead atoms. The highest BCUT2D eigenvalue weighted by molar-refractivity contribution is 6.13. The topological polar surface area (TPSA) is 313 Å². The van der Waals surface area contributed by atoms with Crippen molar-refractivity contribution in [2.45, 2.75) is 77.0 Å². The van der Waals surface area contributed by atoms with Crippen molar-refractivity contribution in [3.63, 3.8) is 0 Å². The molecule has 334 valence electrons. The standard InChI is InChI=1S/C18H22N4O7.C12H22O2.8CH2O/c23-13(5-9-21-15(25)1-2-16(21)26)19-7-11-29-12-8-20-14(24)6-10-22-17(27)3-4-18(22)28;13-11-9-7-5-3-1-2-4-6-8-10-12-14;8*1-2/h1-4H,5-12H2,(H,19,23)(H,20,24);11-12H,1-10H2;8*1H2. The summed E-state index contributed by atoms with van der Waals surface area (Å²) >= 11 is 0. The number of unbranched alkanes of at least 4 members (excludes halogenated alkanes) is 9. The molecule has 6 amide bonds. The Kier molecular flexibility index (Phi) is 78.7. The van der Waals surface area contributed by atoms with E-state index in [1.165, 1.54) is 38.5 Å². The first kappa shape index (κ1) is 70.2. The predicted octanol–water partition coefficient (Wildman–Crippen LogP) is -0.328. The first-order valence-corrected chi connectivity index (χ1v) is 17.2. The quantitative estimate of drug-likeness (QED) is 0.0756. The minimum Gasteiger partial charge on any atom is -0.378 e. The van der Waals surface area contributed by atoms with E-state index in [2.05, 4.69) is 10.6 Å². The Hall–Kier alpha value is -6.64. The van der Waals surface area contributed by atoms with E-state index in [4.69, 9.17) is 43.1 Å². The Bertz CT molecular complexity index is 1020. The van der Waals surface area contributed by atoms with Crippen LogP contribution >= 0.6 is 0 Å². The smallest absolute Gasteiger partial charge is 0.253 e. The average molecular weight is 845 g/mol. The van der Waals surface area contributed by atoms with E-state index in [-0.39, 0.29) is 64.0 Å². The number of imide groups is 2. The van der Waals surface area contributed by atoms with E-state index in [0.717, 1.165) is 72.4 Å². The highest BCUT2D eigenvalue weighted by atomic mass is 16.5. The number of hydrogen-bond acceptors (Lipinski definition) is 17. The second-order valence-electron chi connectivity index (χ2n) is 9.87. The Labute approximate surface area is 344 Å². The molecule has 0 aromatic heterocycles. The number of carbonyl (C=O) groups is 16. The summed E-state index contributed by atoms with van der Waals surface area (Å²) in [7, 11) is 0. The third kappa shape index (κ3) is 49.3. The number of ether oxygens (including phenoxy) is 1. The van der Waals surface area contributed by atoms with Gasteiger partial charge in [-0.3, -0.25) is 38.6 Å². The van der Waals surface area contributed by atoms with E-state index in [1.54, 1.807) is 0 Å². The second-order valence-corrected chi connectivity index (χ2v) is 9.87. The van der Waals surface area contributed by atoms with Gasteiger partial charge in [0.2, 0.25) is 11.8 Å². The van der Waals surface area contributed by atoms with Crippen molar-refractivity contribution in [2.75, 3.05) is 39.4 Å². The molecule has 2 aliphatic rings. The molecule has 2 heterocycles. The van der Waals surface area contributed by atoms with Crippen molar-refractivity contribution in [1.82, 2.24) is 20.4 Å². The van der Waals surface area contributed by atoms with E-state index in [1.807, 2.05) is 54.3 Å². The van der Waals surface area contributed by atoms with E-state index < -0.39 is 23.6 Å². The molecule has 0 aliphatic carbocycles. The lowest BCUT2D eigenvalue weighted by atomic mass is 10.1. The molecule has 21 nitrogen and oxygen atoms in total. The Balaban J connectivity index is -0.000000121. The largest absolute Gasteiger partial charge is 0.378 e. The normalized spacial score (nSPS) is 10.6. The van der Waals surface area contributed by atoms with E-state index in [9.17, 15) is 38.4 Å². The summed E-state index contributed by atoms with van der Waals surface area (Å²) in [6.45, 7) is 17.0. The van der Waals surface area contributed by atoms with Crippen molar-refractivity contribution < 1.29 is 81.4 Å². The number of nitrogens with zero attached hydrogens (tertiary/aromatic N) is 2. The maximum atomic E-state index is 11.7. The predicted molar refractivity (Wildman–Crippen MR) is 213 cm³/mol. The molecule has 2 rings (SSSR count). The van der Waals surface area contributed by atoms with Gasteiger partial charge in [0.25, 0.3) is 23.6 Å². The van der Waals surface area contributed by atoms with Gasteiger partial charge in [0.1, 0.15) is 66.9 Å². The third-order valence-electron chi connectivity index (χ3n) is 6.46. The Morgan fingerprint density at radius 1 is 0.458 bits per heavy atom. The van der Waals surface area contributed by atoms with Gasteiger partial charge in [-0.05, 0) is 12.8 Å². The van der Waals surface area contributed by atoms with Gasteiger partial charge in [-0.15, -0.1) is 0 Å². The molecular formula is C38H60N4O17. The van der Waals surface area contributed by atoms with Crippen LogP contribution in [0.15, 0.2) is 24.3 Å². The number of amides is 6. The maximum Gasteiger partial charge on any atom is 0.253 e. The molecule has 0 unspecified atom stereocenters. The summed E-state index contributed by atoms with van der Waals surface area (Å²) < 4.78 is 5.27. The number of hydrogen-bond donors (Lipinski definition) is 2. The van der Waals surface area contributed by atoms with Crippen LogP contribution in [-0.2, 0) is 81.4 Å². The molecule has 0 fully saturated rings. The van der Waals surface area contributed by atoms with Gasteiger partial charge in [0.15, 0.2) is 0 Å². The molecular weight excluding hydrogens is 784 g/mol. The van der Waals surface area contributed by atoms with Crippen LogP contribution in [0.3, 0.4) is 0 Å². The van der Waals surface area contributed by atoms with Gasteiger partial charge in [0.05, 0.1) is 13.2 Å². The lowest BCUT2D eigenvalue weighted by molar-refractivity contribution is -0.139. The molecule has 59 heavy (non-hydrogen) atoms. The first-order chi connectivity index (χ1) is 28.8. The van der Waals surface area contributed by atoms with Crippen LogP contribution < -0.4 is 10.6 Å². The summed E-state index contributed by atoms with van der Waals surface area (Å²) in [6.07, 6.45) is 17.6. The fraction of sp³-hybridized carbons (Fsp3) is 0.474. The average Bonchev–Trinajstić information content (AvgIpc) is 3.81. The lowest BCUT2D eigenvalue weighted by Crippen LogP contribution is -2.36. The number of nitrogens with one attached hydrogen (secondary N) is 2. The van der Waals surface area contributed by atoms with E-state index >= 15 is 0 Å². The summed E-state index contributed by atoms with van der Waals surface area (Å²) in [5, 5.41) is 5.20. The van der Waals surface area contributed by atoms with Gasteiger partial charge in [-0.1, -0.05) is 38.5 Å². The van der Waals surface area contributed by atoms with Crippen molar-refractivity contribution in [3.8, 4) is 0 Å². The molecule has 0 atom stereocenters. The molecule has 2 aliphatic heterocycles. The second kappa shape index (κ2) is 66.2. The highest BCUT2D eigenvalue weighted by Crippen LogP contribution is 2.10. The molecule has 0 aromatic rings. The van der Waals surface area contributed by atoms with Crippen LogP contribution in [0.1, 0.15) is 77.0 Å². The zero-order valence-corrected chi connectivity index (χ0v) is 33.7. The number of carbonyl (C=O) groups excluding carboxylic acids is 16. The van der Waals surface area contributed by atoms with Crippen molar-refractivity contribution in [2.24, 2.45) is 0 Å². The molecule has 0 saturated heterocycles. The zero-order valence-electron chi connectivity index (χ0n) is 33.7. The summed E-state index contributed by atoms with van der Waals surface area (Å²) in [5.74, 6) is -2.33. The fourth-order valence-electron chi connectivity index (χ4n) is 4.05. The van der Waals surface area contributed by atoms with Gasteiger partial charge >= 0.3 is 0 Å². The molecule has 21 heteroatoms. The number of aldehydes is 2. The van der Waals surface area contributed by atoms with Crippen molar-refractivity contribution >= 4 is 102 Å². The minimum atomic E-state index is -0.427. The first-order valence-electron chi connectivity index (χ1n) is 17.2. The van der Waals surface area contributed by atoms with Crippen molar-refractivity contribution in [3.05, 3.63) is 24.3 Å². The zero-order chi connectivity index (χ0) is 47.7. The SMILES string of the molecule is C=O.C=O.C=O.C=O.C=O.C=O.C=O.C=O.O=C(CCN1C(=O)C=CC1=O)NCCOCCNC(=O)CCN1C(=O)C=CC1=O.O=CCCCCCCCCCCC=O. The summed E-state index contributed by atoms with van der Waals surface area (Å²) in [5.41, 5.74) is 0. The fourth-order valence-corrected chi connectivity index (χ4v) is 4.05. The van der Waals surface area contributed by atoms with Crippen LogP contribution in [0.4, 0.5) is 0 Å². The van der Waals surface area contributed by atoms with Crippen LogP contribution in [-0.4, -0.2) is 152 Å². The van der Waals surface area contributed by atoms with Crippen LogP contribution in [0.25, 0.3) is 0 Å². The minimum absolute atomic E-state index is 0.00671. The number of rotatable bonds is 23. The molecule has 0 spiro atoms.